The molecule has 1 heterocycles. The van der Waals surface area contributed by atoms with Gasteiger partial charge in [-0.15, -0.1) is 0 Å². The standard InChI is InChI=1S/C13H15ClF3NO2/c14-10-2-8(1-9(3-10)13(15,16)17)5-18-6-12(20)4-11(18)7-19/h1-3,11-12,19-20H,4-7H2/t11-,12-/m0/s1. The molecule has 7 heteroatoms. The number of hydrogen-bond acceptors (Lipinski definition) is 3. The lowest BCUT2D eigenvalue weighted by Crippen LogP contribution is -2.32. The molecule has 2 rings (SSSR count). The molecule has 0 unspecified atom stereocenters. The van der Waals surface area contributed by atoms with Crippen LogP contribution in [-0.2, 0) is 12.7 Å². The van der Waals surface area contributed by atoms with Crippen molar-refractivity contribution in [3.8, 4) is 0 Å². The number of nitrogens with zero attached hydrogens (tertiary/aromatic N) is 1. The van der Waals surface area contributed by atoms with E-state index in [1.54, 1.807) is 4.90 Å². The summed E-state index contributed by atoms with van der Waals surface area (Å²) in [6.45, 7) is 0.411. The van der Waals surface area contributed by atoms with Crippen LogP contribution >= 0.6 is 11.6 Å². The molecule has 1 aliphatic rings. The Balaban J connectivity index is 2.19. The Morgan fingerprint density at radius 3 is 2.60 bits per heavy atom. The summed E-state index contributed by atoms with van der Waals surface area (Å²) >= 11 is 5.72. The number of alkyl halides is 3. The van der Waals surface area contributed by atoms with E-state index in [4.69, 9.17) is 11.6 Å². The molecule has 0 bridgehead atoms. The molecule has 3 nitrogen and oxygen atoms in total. The topological polar surface area (TPSA) is 43.7 Å². The van der Waals surface area contributed by atoms with Crippen LogP contribution < -0.4 is 0 Å². The van der Waals surface area contributed by atoms with Gasteiger partial charge in [0.05, 0.1) is 18.3 Å². The van der Waals surface area contributed by atoms with E-state index < -0.39 is 17.8 Å². The third kappa shape index (κ3) is 3.63. The molecule has 0 aliphatic carbocycles. The summed E-state index contributed by atoms with van der Waals surface area (Å²) in [5, 5.41) is 18.8. The molecule has 2 N–H and O–H groups in total. The molecule has 20 heavy (non-hydrogen) atoms. The second-order valence-electron chi connectivity index (χ2n) is 5.00. The monoisotopic (exact) mass is 309 g/mol. The summed E-state index contributed by atoms with van der Waals surface area (Å²) in [4.78, 5) is 1.76. The molecule has 112 valence electrons. The zero-order valence-electron chi connectivity index (χ0n) is 10.6. The van der Waals surface area contributed by atoms with Crippen molar-refractivity contribution in [2.75, 3.05) is 13.2 Å². The van der Waals surface area contributed by atoms with E-state index in [0.717, 1.165) is 12.1 Å². The van der Waals surface area contributed by atoms with Gasteiger partial charge in [-0.2, -0.15) is 13.2 Å². The second kappa shape index (κ2) is 5.89. The normalized spacial score (nSPS) is 24.3. The minimum atomic E-state index is -4.44. The highest BCUT2D eigenvalue weighted by atomic mass is 35.5. The summed E-state index contributed by atoms with van der Waals surface area (Å²) in [6, 6.07) is 3.16. The molecule has 1 aromatic rings. The summed E-state index contributed by atoms with van der Waals surface area (Å²) in [5.41, 5.74) is -0.377. The Morgan fingerprint density at radius 1 is 1.30 bits per heavy atom. The zero-order valence-corrected chi connectivity index (χ0v) is 11.3. The van der Waals surface area contributed by atoms with Crippen molar-refractivity contribution < 1.29 is 23.4 Å². The minimum Gasteiger partial charge on any atom is -0.395 e. The van der Waals surface area contributed by atoms with Crippen molar-refractivity contribution in [1.29, 1.82) is 0 Å². The van der Waals surface area contributed by atoms with E-state index in [1.807, 2.05) is 0 Å². The van der Waals surface area contributed by atoms with Crippen LogP contribution in [0.4, 0.5) is 13.2 Å². The second-order valence-corrected chi connectivity index (χ2v) is 5.44. The molecule has 2 atom stereocenters. The van der Waals surface area contributed by atoms with Gasteiger partial charge in [-0.3, -0.25) is 4.90 Å². The van der Waals surface area contributed by atoms with Gasteiger partial charge >= 0.3 is 6.18 Å². The van der Waals surface area contributed by atoms with Gasteiger partial charge in [0.1, 0.15) is 0 Å². The maximum absolute atomic E-state index is 12.7. The van der Waals surface area contributed by atoms with Crippen LogP contribution in [0.5, 0.6) is 0 Å². The minimum absolute atomic E-state index is 0.0233. The van der Waals surface area contributed by atoms with Gasteiger partial charge in [0, 0.05) is 24.2 Å². The van der Waals surface area contributed by atoms with Gasteiger partial charge in [0.15, 0.2) is 0 Å². The Bertz CT molecular complexity index is 481. The maximum atomic E-state index is 12.7. The van der Waals surface area contributed by atoms with Crippen molar-refractivity contribution in [2.45, 2.75) is 31.3 Å². The first-order valence-electron chi connectivity index (χ1n) is 6.19. The number of likely N-dealkylation sites (tertiary alicyclic amines) is 1. The maximum Gasteiger partial charge on any atom is 0.416 e. The first-order valence-corrected chi connectivity index (χ1v) is 6.57. The molecule has 1 aromatic carbocycles. The molecular formula is C13H15ClF3NO2. The SMILES string of the molecule is OC[C@@H]1C[C@H](O)CN1Cc1cc(Cl)cc(C(F)(F)F)c1. The first-order chi connectivity index (χ1) is 9.29. The van der Waals surface area contributed by atoms with Gasteiger partial charge in [-0.05, 0) is 30.2 Å². The van der Waals surface area contributed by atoms with Crippen LogP contribution in [0.1, 0.15) is 17.5 Å². The van der Waals surface area contributed by atoms with Gasteiger partial charge in [-0.25, -0.2) is 0 Å². The summed E-state index contributed by atoms with van der Waals surface area (Å²) < 4.78 is 38.1. The van der Waals surface area contributed by atoms with E-state index >= 15 is 0 Å². The first kappa shape index (κ1) is 15.6. The average Bonchev–Trinajstić information content (AvgIpc) is 2.67. The fraction of sp³-hybridized carbons (Fsp3) is 0.538. The fourth-order valence-corrected chi connectivity index (χ4v) is 2.74. The third-order valence-electron chi connectivity index (χ3n) is 3.39. The highest BCUT2D eigenvalue weighted by Gasteiger charge is 2.33. The lowest BCUT2D eigenvalue weighted by molar-refractivity contribution is -0.137. The molecule has 1 aliphatic heterocycles. The van der Waals surface area contributed by atoms with E-state index in [0.29, 0.717) is 18.5 Å². The lowest BCUT2D eigenvalue weighted by Gasteiger charge is -2.22. The van der Waals surface area contributed by atoms with Gasteiger partial charge in [0.25, 0.3) is 0 Å². The largest absolute Gasteiger partial charge is 0.416 e. The Labute approximate surface area is 119 Å². The lowest BCUT2D eigenvalue weighted by atomic mass is 10.1. The molecule has 0 amide bonds. The number of aliphatic hydroxyl groups is 2. The van der Waals surface area contributed by atoms with Crippen LogP contribution in [0.3, 0.4) is 0 Å². The zero-order chi connectivity index (χ0) is 14.9. The molecular weight excluding hydrogens is 295 g/mol. The summed E-state index contributed by atoms with van der Waals surface area (Å²) in [6.07, 6.45) is -4.59. The van der Waals surface area contributed by atoms with E-state index in [9.17, 15) is 23.4 Å². The number of aliphatic hydroxyl groups excluding tert-OH is 2. The number of β-amino-alcohol motifs (C(OH)–C–C–N with tert-alkyl or cyclic N) is 1. The third-order valence-corrected chi connectivity index (χ3v) is 3.61. The van der Waals surface area contributed by atoms with Crippen molar-refractivity contribution in [1.82, 2.24) is 4.90 Å². The molecule has 0 saturated carbocycles. The Kier molecular flexibility index (Phi) is 4.59. The Morgan fingerprint density at radius 2 is 2.00 bits per heavy atom. The predicted octanol–water partition coefficient (Wildman–Crippen LogP) is 2.29. The van der Waals surface area contributed by atoms with Crippen LogP contribution in [0.2, 0.25) is 5.02 Å². The molecule has 1 saturated heterocycles. The van der Waals surface area contributed by atoms with Crippen molar-refractivity contribution in [2.24, 2.45) is 0 Å². The smallest absolute Gasteiger partial charge is 0.395 e. The van der Waals surface area contributed by atoms with Crippen LogP contribution in [0.25, 0.3) is 0 Å². The van der Waals surface area contributed by atoms with E-state index in [2.05, 4.69) is 0 Å². The number of hydrogen-bond donors (Lipinski definition) is 2. The van der Waals surface area contributed by atoms with E-state index in [-0.39, 0.29) is 24.2 Å². The fourth-order valence-electron chi connectivity index (χ4n) is 2.48. The highest BCUT2D eigenvalue weighted by Crippen LogP contribution is 2.32. The summed E-state index contributed by atoms with van der Waals surface area (Å²) in [5.74, 6) is 0. The number of benzene rings is 1. The molecule has 0 aromatic heterocycles. The van der Waals surface area contributed by atoms with Crippen molar-refractivity contribution in [3.63, 3.8) is 0 Å². The van der Waals surface area contributed by atoms with Gasteiger partial charge in [-0.1, -0.05) is 11.6 Å². The van der Waals surface area contributed by atoms with Crippen molar-refractivity contribution in [3.05, 3.63) is 34.3 Å². The summed E-state index contributed by atoms with van der Waals surface area (Å²) in [7, 11) is 0. The number of rotatable bonds is 3. The van der Waals surface area contributed by atoms with Crippen LogP contribution in [0, 0.1) is 0 Å². The van der Waals surface area contributed by atoms with Gasteiger partial charge in [0.2, 0.25) is 0 Å². The molecule has 0 radical (unpaired) electrons. The van der Waals surface area contributed by atoms with Crippen LogP contribution in [0.15, 0.2) is 18.2 Å². The highest BCUT2D eigenvalue weighted by molar-refractivity contribution is 6.30. The average molecular weight is 310 g/mol. The predicted molar refractivity (Wildman–Crippen MR) is 68.4 cm³/mol. The van der Waals surface area contributed by atoms with Crippen molar-refractivity contribution >= 4 is 11.6 Å². The van der Waals surface area contributed by atoms with Gasteiger partial charge < -0.3 is 10.2 Å². The Hall–Kier alpha value is -0.820. The molecule has 1 fully saturated rings. The quantitative estimate of drug-likeness (QED) is 0.900. The van der Waals surface area contributed by atoms with E-state index in [1.165, 1.54) is 6.07 Å². The van der Waals surface area contributed by atoms with Crippen LogP contribution in [-0.4, -0.2) is 40.4 Å². The molecule has 0 spiro atoms. The number of halogens is 4.